The van der Waals surface area contributed by atoms with E-state index >= 15 is 0 Å². The zero-order valence-corrected chi connectivity index (χ0v) is 11.7. The van der Waals surface area contributed by atoms with E-state index in [-0.39, 0.29) is 11.3 Å². The third kappa shape index (κ3) is 2.05. The molecule has 3 rings (SSSR count). The van der Waals surface area contributed by atoms with E-state index < -0.39 is 0 Å². The number of fused-ring (bicyclic) bond motifs is 1. The van der Waals surface area contributed by atoms with Gasteiger partial charge >= 0.3 is 0 Å². The first kappa shape index (κ1) is 13.0. The highest BCUT2D eigenvalue weighted by atomic mass is 35.5. The van der Waals surface area contributed by atoms with E-state index in [0.29, 0.717) is 26.6 Å². The Labute approximate surface area is 124 Å². The Morgan fingerprint density at radius 1 is 1.00 bits per heavy atom. The molecule has 3 aromatic rings. The highest BCUT2D eigenvalue weighted by Crippen LogP contribution is 2.29. The molecule has 0 bridgehead atoms. The summed E-state index contributed by atoms with van der Waals surface area (Å²) in [6.45, 7) is 0. The molecule has 0 spiro atoms. The first-order valence-corrected chi connectivity index (χ1v) is 6.63. The fraction of sp³-hybridized carbons (Fsp3) is 0. The van der Waals surface area contributed by atoms with Crippen molar-refractivity contribution < 1.29 is 5.11 Å². The van der Waals surface area contributed by atoms with Gasteiger partial charge in [0.1, 0.15) is 5.75 Å². The minimum Gasteiger partial charge on any atom is -0.507 e. The van der Waals surface area contributed by atoms with Gasteiger partial charge in [0.25, 0.3) is 5.56 Å². The molecule has 0 radical (unpaired) electrons. The van der Waals surface area contributed by atoms with E-state index in [9.17, 15) is 9.90 Å². The molecular weight excluding hydrogens is 297 g/mol. The lowest BCUT2D eigenvalue weighted by atomic mass is 10.2. The molecule has 0 aliphatic heterocycles. The molecule has 0 unspecified atom stereocenters. The fourth-order valence-corrected chi connectivity index (χ4v) is 2.55. The van der Waals surface area contributed by atoms with Gasteiger partial charge in [-0.15, -0.1) is 0 Å². The van der Waals surface area contributed by atoms with E-state index in [0.717, 1.165) is 0 Å². The van der Waals surface area contributed by atoms with Crippen LogP contribution in [0, 0.1) is 0 Å². The van der Waals surface area contributed by atoms with Gasteiger partial charge in [0, 0.05) is 16.5 Å². The van der Waals surface area contributed by atoms with Crippen LogP contribution in [0.1, 0.15) is 0 Å². The summed E-state index contributed by atoms with van der Waals surface area (Å²) in [5.74, 6) is -0.0787. The van der Waals surface area contributed by atoms with Gasteiger partial charge in [-0.05, 0) is 30.3 Å². The molecule has 20 heavy (non-hydrogen) atoms. The van der Waals surface area contributed by atoms with Crippen molar-refractivity contribution >= 4 is 34.1 Å². The largest absolute Gasteiger partial charge is 0.507 e. The topological polar surface area (TPSA) is 42.2 Å². The van der Waals surface area contributed by atoms with Crippen LogP contribution in [0.25, 0.3) is 16.6 Å². The quantitative estimate of drug-likeness (QED) is 0.738. The molecular formula is C15H9Cl2NO2. The SMILES string of the molecule is O=c1cc(O)c2ccc(Cl)cc2n1-c1ccccc1Cl. The Morgan fingerprint density at radius 3 is 2.50 bits per heavy atom. The molecule has 3 nitrogen and oxygen atoms in total. The Morgan fingerprint density at radius 2 is 1.75 bits per heavy atom. The Bertz CT molecular complexity index is 871. The Balaban J connectivity index is 2.50. The predicted molar refractivity (Wildman–Crippen MR) is 81.2 cm³/mol. The number of para-hydroxylation sites is 1. The lowest BCUT2D eigenvalue weighted by Crippen LogP contribution is -2.17. The van der Waals surface area contributed by atoms with Crippen molar-refractivity contribution in [3.05, 3.63) is 68.9 Å². The number of halogens is 2. The monoisotopic (exact) mass is 305 g/mol. The van der Waals surface area contributed by atoms with Crippen LogP contribution in [0.4, 0.5) is 0 Å². The maximum absolute atomic E-state index is 12.2. The smallest absolute Gasteiger partial charge is 0.259 e. The maximum Gasteiger partial charge on any atom is 0.259 e. The van der Waals surface area contributed by atoms with E-state index in [2.05, 4.69) is 0 Å². The third-order valence-corrected chi connectivity index (χ3v) is 3.61. The van der Waals surface area contributed by atoms with Crippen molar-refractivity contribution in [2.75, 3.05) is 0 Å². The number of pyridine rings is 1. The zero-order valence-electron chi connectivity index (χ0n) is 10.2. The highest BCUT2D eigenvalue weighted by Gasteiger charge is 2.12. The van der Waals surface area contributed by atoms with Gasteiger partial charge in [0.05, 0.1) is 16.2 Å². The van der Waals surface area contributed by atoms with E-state index in [1.165, 1.54) is 10.6 Å². The van der Waals surface area contributed by atoms with Gasteiger partial charge in [-0.1, -0.05) is 35.3 Å². The molecule has 0 aliphatic rings. The van der Waals surface area contributed by atoms with Crippen LogP contribution in [0.15, 0.2) is 53.3 Å². The Hall–Kier alpha value is -1.97. The van der Waals surface area contributed by atoms with Crippen molar-refractivity contribution in [3.8, 4) is 11.4 Å². The molecule has 0 atom stereocenters. The van der Waals surface area contributed by atoms with Crippen molar-refractivity contribution in [1.29, 1.82) is 0 Å². The molecule has 0 amide bonds. The van der Waals surface area contributed by atoms with Crippen LogP contribution in [-0.4, -0.2) is 9.67 Å². The molecule has 0 saturated carbocycles. The Kier molecular flexibility index (Phi) is 3.16. The van der Waals surface area contributed by atoms with Gasteiger partial charge in [-0.2, -0.15) is 0 Å². The summed E-state index contributed by atoms with van der Waals surface area (Å²) < 4.78 is 1.43. The van der Waals surface area contributed by atoms with E-state index in [1.807, 2.05) is 0 Å². The maximum atomic E-state index is 12.2. The zero-order chi connectivity index (χ0) is 14.3. The van der Waals surface area contributed by atoms with Crippen molar-refractivity contribution in [3.63, 3.8) is 0 Å². The molecule has 1 heterocycles. The molecule has 1 N–H and O–H groups in total. The van der Waals surface area contributed by atoms with E-state index in [4.69, 9.17) is 23.2 Å². The van der Waals surface area contributed by atoms with Crippen LogP contribution in [0.2, 0.25) is 10.0 Å². The van der Waals surface area contributed by atoms with Gasteiger partial charge < -0.3 is 5.11 Å². The van der Waals surface area contributed by atoms with Crippen LogP contribution >= 0.6 is 23.2 Å². The van der Waals surface area contributed by atoms with Crippen LogP contribution in [0.3, 0.4) is 0 Å². The van der Waals surface area contributed by atoms with Crippen LogP contribution in [-0.2, 0) is 0 Å². The number of rotatable bonds is 1. The van der Waals surface area contributed by atoms with Crippen LogP contribution in [0.5, 0.6) is 5.75 Å². The standard InChI is InChI=1S/C15H9Cl2NO2/c16-9-5-6-10-13(7-9)18(15(20)8-14(10)19)12-4-2-1-3-11(12)17/h1-8,19H. The molecule has 2 aromatic carbocycles. The normalized spacial score (nSPS) is 10.9. The second kappa shape index (κ2) is 4.85. The van der Waals surface area contributed by atoms with Gasteiger partial charge in [0.2, 0.25) is 0 Å². The highest BCUT2D eigenvalue weighted by molar-refractivity contribution is 6.32. The molecule has 0 saturated heterocycles. The molecule has 0 aliphatic carbocycles. The molecule has 1 aromatic heterocycles. The number of aromatic nitrogens is 1. The number of aromatic hydroxyl groups is 1. The average Bonchev–Trinajstić information content (AvgIpc) is 2.40. The second-order valence-electron chi connectivity index (χ2n) is 4.32. The fourth-order valence-electron chi connectivity index (χ4n) is 2.17. The van der Waals surface area contributed by atoms with Gasteiger partial charge in [0.15, 0.2) is 0 Å². The van der Waals surface area contributed by atoms with Crippen molar-refractivity contribution in [1.82, 2.24) is 4.57 Å². The number of nitrogens with zero attached hydrogens (tertiary/aromatic N) is 1. The molecule has 100 valence electrons. The number of hydrogen-bond donors (Lipinski definition) is 1. The van der Waals surface area contributed by atoms with Crippen molar-refractivity contribution in [2.24, 2.45) is 0 Å². The minimum absolute atomic E-state index is 0.0787. The van der Waals surface area contributed by atoms with Gasteiger partial charge in [-0.25, -0.2) is 0 Å². The summed E-state index contributed by atoms with van der Waals surface area (Å²) in [4.78, 5) is 12.2. The van der Waals surface area contributed by atoms with Gasteiger partial charge in [-0.3, -0.25) is 9.36 Å². The summed E-state index contributed by atoms with van der Waals surface area (Å²) in [5.41, 5.74) is 0.687. The first-order valence-electron chi connectivity index (χ1n) is 5.87. The average molecular weight is 306 g/mol. The minimum atomic E-state index is -0.370. The first-order chi connectivity index (χ1) is 9.58. The summed E-state index contributed by atoms with van der Waals surface area (Å²) in [6.07, 6.45) is 0. The molecule has 0 fully saturated rings. The van der Waals surface area contributed by atoms with Crippen molar-refractivity contribution in [2.45, 2.75) is 0 Å². The van der Waals surface area contributed by atoms with E-state index in [1.54, 1.807) is 42.5 Å². The number of hydrogen-bond acceptors (Lipinski definition) is 2. The summed E-state index contributed by atoms with van der Waals surface area (Å²) in [5, 5.41) is 11.4. The summed E-state index contributed by atoms with van der Waals surface area (Å²) in [7, 11) is 0. The van der Waals surface area contributed by atoms with Crippen LogP contribution < -0.4 is 5.56 Å². The summed E-state index contributed by atoms with van der Waals surface area (Å²) in [6, 6.07) is 13.1. The second-order valence-corrected chi connectivity index (χ2v) is 5.16. The number of benzene rings is 2. The summed E-state index contributed by atoms with van der Waals surface area (Å²) >= 11 is 12.1. The predicted octanol–water partition coefficient (Wildman–Crippen LogP) is 4.00. The third-order valence-electron chi connectivity index (χ3n) is 3.05. The molecule has 5 heteroatoms. The lowest BCUT2D eigenvalue weighted by Gasteiger charge is -2.12. The lowest BCUT2D eigenvalue weighted by molar-refractivity contribution is 0.480.